The van der Waals surface area contributed by atoms with E-state index in [1.807, 2.05) is 38.1 Å². The summed E-state index contributed by atoms with van der Waals surface area (Å²) in [6.45, 7) is 28.3. The Bertz CT molecular complexity index is 1720. The van der Waals surface area contributed by atoms with E-state index in [-0.39, 0.29) is 40.7 Å². The van der Waals surface area contributed by atoms with E-state index in [9.17, 15) is 9.59 Å². The molecule has 2 unspecified atom stereocenters. The lowest BCUT2D eigenvalue weighted by Gasteiger charge is -2.39. The maximum Gasteiger partial charge on any atom is 0.412 e. The molecule has 5 atom stereocenters. The van der Waals surface area contributed by atoms with E-state index >= 15 is 0 Å². The quantitative estimate of drug-likeness (QED) is 0.121. The van der Waals surface area contributed by atoms with Crippen LogP contribution in [0.25, 0.3) is 6.08 Å². The number of ether oxygens (including phenoxy) is 6. The van der Waals surface area contributed by atoms with Gasteiger partial charge in [0.05, 0.1) is 19.3 Å². The first-order valence-electron chi connectivity index (χ1n) is 19.4. The first-order chi connectivity index (χ1) is 25.3. The number of hydrogen-bond donors (Lipinski definition) is 1. The number of carbonyl (C=O) groups is 2. The molecule has 1 N–H and O–H groups in total. The maximum absolute atomic E-state index is 13.3. The van der Waals surface area contributed by atoms with Gasteiger partial charge in [0.25, 0.3) is 0 Å². The molecular formula is C44H65NO9Si. The van der Waals surface area contributed by atoms with Gasteiger partial charge < -0.3 is 32.8 Å². The third kappa shape index (κ3) is 12.2. The minimum atomic E-state index is -1.96. The second kappa shape index (κ2) is 16.8. The number of methoxy groups -OCH3 is 1. The number of cyclic esters (lactones) is 1. The molecule has 2 aliphatic heterocycles. The first-order valence-corrected chi connectivity index (χ1v) is 22.3. The molecule has 2 heterocycles. The molecule has 1 amide bonds. The van der Waals surface area contributed by atoms with Gasteiger partial charge in [-0.2, -0.15) is 0 Å². The summed E-state index contributed by atoms with van der Waals surface area (Å²) in [7, 11) is -0.294. The Morgan fingerprint density at radius 2 is 1.60 bits per heavy atom. The van der Waals surface area contributed by atoms with Crippen molar-refractivity contribution >= 4 is 32.1 Å². The van der Waals surface area contributed by atoms with Gasteiger partial charge >= 0.3 is 12.1 Å². The molecule has 0 aromatic heterocycles. The highest BCUT2D eigenvalue weighted by atomic mass is 28.4. The molecule has 2 aromatic rings. The smallest absolute Gasteiger partial charge is 0.412 e. The van der Waals surface area contributed by atoms with Crippen molar-refractivity contribution in [2.45, 2.75) is 150 Å². The van der Waals surface area contributed by atoms with Crippen molar-refractivity contribution in [2.24, 2.45) is 11.8 Å². The number of benzene rings is 2. The molecule has 0 aliphatic carbocycles. The lowest BCUT2D eigenvalue weighted by Crippen LogP contribution is -2.44. The molecule has 2 aliphatic rings. The van der Waals surface area contributed by atoms with E-state index < -0.39 is 37.6 Å². The summed E-state index contributed by atoms with van der Waals surface area (Å²) in [6, 6.07) is 11.5. The number of hydrogen-bond acceptors (Lipinski definition) is 9. The fourth-order valence-electron chi connectivity index (χ4n) is 6.41. The third-order valence-corrected chi connectivity index (χ3v) is 14.9. The second-order valence-corrected chi connectivity index (χ2v) is 23.0. The van der Waals surface area contributed by atoms with Crippen LogP contribution in [-0.4, -0.2) is 63.0 Å². The van der Waals surface area contributed by atoms with Crippen molar-refractivity contribution in [1.29, 1.82) is 0 Å². The van der Waals surface area contributed by atoms with Crippen LogP contribution < -0.4 is 14.8 Å². The van der Waals surface area contributed by atoms with E-state index in [1.54, 1.807) is 53.9 Å². The number of esters is 1. The Labute approximate surface area is 330 Å². The summed E-state index contributed by atoms with van der Waals surface area (Å²) in [6.07, 6.45) is 8.37. The van der Waals surface area contributed by atoms with Crippen LogP contribution in [0.1, 0.15) is 111 Å². The molecular weight excluding hydrogens is 715 g/mol. The van der Waals surface area contributed by atoms with Crippen molar-refractivity contribution in [3.8, 4) is 11.5 Å². The lowest BCUT2D eigenvalue weighted by molar-refractivity contribution is -0.148. The fourth-order valence-corrected chi connectivity index (χ4v) is 7.91. The molecule has 0 spiro atoms. The monoisotopic (exact) mass is 779 g/mol. The number of anilines is 1. The summed E-state index contributed by atoms with van der Waals surface area (Å²) in [4.78, 5) is 26.0. The molecule has 11 heteroatoms. The number of amides is 1. The Morgan fingerprint density at radius 1 is 0.945 bits per heavy atom. The standard InChI is InChI=1S/C44H65NO9Si/c1-28(29(2)54-55(14,15)42(6,7)8)19-22-32(25-30-20-23-34(48-13)24-21-30)38-35(49-43(9,10)51-38)18-16-17-31-26-33(45-40(47)53-41(3,4)5)27-36-37(31)39(46)52-44(11,12)50-36/h16-17,19-24,26-29,32,35,38H,18,25H2,1-15H3,(H,45,47)/b17-16-,22-19+/t28?,29-,32-,35-,38?/m0/s1. The Kier molecular flexibility index (Phi) is 13.5. The molecule has 1 fully saturated rings. The highest BCUT2D eigenvalue weighted by Gasteiger charge is 2.44. The lowest BCUT2D eigenvalue weighted by atomic mass is 9.88. The maximum atomic E-state index is 13.3. The third-order valence-electron chi connectivity index (χ3n) is 10.3. The molecule has 55 heavy (non-hydrogen) atoms. The number of rotatable bonds is 13. The van der Waals surface area contributed by atoms with Gasteiger partial charge in [-0.1, -0.05) is 64.1 Å². The Hall–Kier alpha value is -3.64. The zero-order valence-corrected chi connectivity index (χ0v) is 36.7. The van der Waals surface area contributed by atoms with Crippen LogP contribution in [0.5, 0.6) is 11.5 Å². The number of fused-ring (bicyclic) bond motifs is 1. The van der Waals surface area contributed by atoms with E-state index in [4.69, 9.17) is 32.8 Å². The van der Waals surface area contributed by atoms with Crippen LogP contribution in [0.3, 0.4) is 0 Å². The minimum Gasteiger partial charge on any atom is -0.497 e. The highest BCUT2D eigenvalue weighted by molar-refractivity contribution is 6.74. The molecule has 4 rings (SSSR count). The predicted octanol–water partition coefficient (Wildman–Crippen LogP) is 10.7. The predicted molar refractivity (Wildman–Crippen MR) is 220 cm³/mol. The van der Waals surface area contributed by atoms with E-state index in [1.165, 1.54) is 0 Å². The molecule has 2 aromatic carbocycles. The minimum absolute atomic E-state index is 0.0317. The van der Waals surface area contributed by atoms with Crippen LogP contribution >= 0.6 is 0 Å². The van der Waals surface area contributed by atoms with Gasteiger partial charge in [-0.3, -0.25) is 5.32 Å². The SMILES string of the molecule is COc1ccc(C[C@H](/C=C/C(C)[C@H](C)O[Si](C)(C)C(C)(C)C)C2OC(C)(C)O[C@H]2C/C=C\c2cc(NC(=O)OC(C)(C)C)cc3c2C(=O)OC(C)(C)O3)cc1. The summed E-state index contributed by atoms with van der Waals surface area (Å²) < 4.78 is 42.5. The van der Waals surface area contributed by atoms with Gasteiger partial charge in [0.15, 0.2) is 14.1 Å². The van der Waals surface area contributed by atoms with Gasteiger partial charge in [-0.25, -0.2) is 9.59 Å². The van der Waals surface area contributed by atoms with Crippen molar-refractivity contribution in [3.63, 3.8) is 0 Å². The highest BCUT2D eigenvalue weighted by Crippen LogP contribution is 2.40. The summed E-state index contributed by atoms with van der Waals surface area (Å²) in [5, 5.41) is 2.90. The fraction of sp³-hybridized carbons (Fsp3) is 0.591. The largest absolute Gasteiger partial charge is 0.497 e. The molecule has 0 saturated carbocycles. The molecule has 1 saturated heterocycles. The topological polar surface area (TPSA) is 111 Å². The van der Waals surface area contributed by atoms with Crippen LogP contribution in [0.15, 0.2) is 54.6 Å². The van der Waals surface area contributed by atoms with Crippen molar-refractivity contribution < 1.29 is 42.4 Å². The average Bonchev–Trinajstić information content (AvgIpc) is 3.34. The summed E-state index contributed by atoms with van der Waals surface area (Å²) in [5.41, 5.74) is 1.68. The van der Waals surface area contributed by atoms with E-state index in [0.29, 0.717) is 23.4 Å². The van der Waals surface area contributed by atoms with E-state index in [0.717, 1.165) is 17.7 Å². The number of nitrogens with one attached hydrogen (secondary N) is 1. The molecule has 0 bridgehead atoms. The molecule has 10 nitrogen and oxygen atoms in total. The van der Waals surface area contributed by atoms with Crippen molar-refractivity contribution in [3.05, 3.63) is 71.3 Å². The number of carbonyl (C=O) groups excluding carboxylic acids is 2. The van der Waals surface area contributed by atoms with Gasteiger partial charge in [0.1, 0.15) is 22.7 Å². The molecule has 304 valence electrons. The van der Waals surface area contributed by atoms with Crippen LogP contribution in [0, 0.1) is 11.8 Å². The van der Waals surface area contributed by atoms with Gasteiger partial charge in [0, 0.05) is 37.6 Å². The van der Waals surface area contributed by atoms with Crippen LogP contribution in [0.2, 0.25) is 18.1 Å². The first kappa shape index (κ1) is 44.1. The van der Waals surface area contributed by atoms with Gasteiger partial charge in [0.2, 0.25) is 5.79 Å². The second-order valence-electron chi connectivity index (χ2n) is 18.3. The molecule has 0 radical (unpaired) electrons. The van der Waals surface area contributed by atoms with Crippen molar-refractivity contribution in [1.82, 2.24) is 0 Å². The summed E-state index contributed by atoms with van der Waals surface area (Å²) in [5.74, 6) is -1.27. The van der Waals surface area contributed by atoms with Crippen LogP contribution in [0.4, 0.5) is 10.5 Å². The van der Waals surface area contributed by atoms with Crippen LogP contribution in [-0.2, 0) is 29.8 Å². The summed E-state index contributed by atoms with van der Waals surface area (Å²) >= 11 is 0. The zero-order valence-electron chi connectivity index (χ0n) is 35.7. The van der Waals surface area contributed by atoms with Crippen molar-refractivity contribution in [2.75, 3.05) is 12.4 Å². The zero-order chi connectivity index (χ0) is 41.1. The van der Waals surface area contributed by atoms with E-state index in [2.05, 4.69) is 77.3 Å². The normalized spacial score (nSPS) is 21.4. The Balaban J connectivity index is 1.65. The average molecular weight is 780 g/mol. The van der Waals surface area contributed by atoms with Gasteiger partial charge in [-0.05, 0) is 108 Å². The van der Waals surface area contributed by atoms with Gasteiger partial charge in [-0.15, -0.1) is 0 Å². The Morgan fingerprint density at radius 3 is 2.20 bits per heavy atom.